The lowest BCUT2D eigenvalue weighted by Gasteiger charge is -2.21. The molecule has 6 nitrogen and oxygen atoms in total. The monoisotopic (exact) mass is 279 g/mol. The van der Waals surface area contributed by atoms with Gasteiger partial charge in [-0.1, -0.05) is 0 Å². The van der Waals surface area contributed by atoms with Crippen LogP contribution in [-0.2, 0) is 24.1 Å². The highest BCUT2D eigenvalue weighted by molar-refractivity contribution is 7.92. The van der Waals surface area contributed by atoms with Gasteiger partial charge in [-0.15, -0.1) is 0 Å². The van der Waals surface area contributed by atoms with E-state index in [0.29, 0.717) is 13.2 Å². The summed E-state index contributed by atoms with van der Waals surface area (Å²) in [6, 6.07) is -0.174. The van der Waals surface area contributed by atoms with Gasteiger partial charge in [0.05, 0.1) is 19.0 Å². The molecule has 1 fully saturated rings. The van der Waals surface area contributed by atoms with E-state index in [4.69, 9.17) is 4.74 Å². The van der Waals surface area contributed by atoms with E-state index in [9.17, 15) is 13.2 Å². The van der Waals surface area contributed by atoms with Gasteiger partial charge in [-0.2, -0.15) is 0 Å². The zero-order chi connectivity index (χ0) is 13.6. The van der Waals surface area contributed by atoms with E-state index in [2.05, 4.69) is 10.1 Å². The molecular formula is C11H21NO5S. The van der Waals surface area contributed by atoms with Crippen LogP contribution in [0.25, 0.3) is 0 Å². The number of hydrogen-bond donors (Lipinski definition) is 1. The van der Waals surface area contributed by atoms with Gasteiger partial charge < -0.3 is 14.8 Å². The van der Waals surface area contributed by atoms with Gasteiger partial charge in [0.15, 0.2) is 9.84 Å². The first kappa shape index (κ1) is 15.4. The highest BCUT2D eigenvalue weighted by Gasteiger charge is 2.30. The van der Waals surface area contributed by atoms with Crippen molar-refractivity contribution in [3.63, 3.8) is 0 Å². The molecular weight excluding hydrogens is 258 g/mol. The molecule has 0 aromatic carbocycles. The van der Waals surface area contributed by atoms with Crippen molar-refractivity contribution in [1.82, 2.24) is 5.32 Å². The molecule has 0 radical (unpaired) electrons. The lowest BCUT2D eigenvalue weighted by molar-refractivity contribution is -0.139. The number of sulfone groups is 1. The topological polar surface area (TPSA) is 81.7 Å². The second-order valence-electron chi connectivity index (χ2n) is 4.38. The Balaban J connectivity index is 2.54. The zero-order valence-corrected chi connectivity index (χ0v) is 11.7. The number of rotatable bonds is 7. The molecule has 1 N–H and O–H groups in total. The molecule has 0 aliphatic carbocycles. The smallest absolute Gasteiger partial charge is 0.321 e. The second kappa shape index (κ2) is 7.06. The van der Waals surface area contributed by atoms with E-state index in [-0.39, 0.29) is 24.3 Å². The zero-order valence-electron chi connectivity index (χ0n) is 10.8. The van der Waals surface area contributed by atoms with Crippen molar-refractivity contribution in [2.75, 3.05) is 38.4 Å². The van der Waals surface area contributed by atoms with Crippen molar-refractivity contribution >= 4 is 15.8 Å². The van der Waals surface area contributed by atoms with E-state index in [1.807, 2.05) is 0 Å². The van der Waals surface area contributed by atoms with Crippen LogP contribution in [0, 0.1) is 5.92 Å². The van der Waals surface area contributed by atoms with Crippen LogP contribution in [0.1, 0.15) is 13.3 Å². The number of carbonyl (C=O) groups excluding carboxylic acids is 1. The van der Waals surface area contributed by atoms with Crippen LogP contribution in [0.4, 0.5) is 0 Å². The van der Waals surface area contributed by atoms with E-state index >= 15 is 0 Å². The molecule has 7 heteroatoms. The van der Waals surface area contributed by atoms with E-state index < -0.39 is 21.6 Å². The lowest BCUT2D eigenvalue weighted by Crippen LogP contribution is -2.41. The maximum absolute atomic E-state index is 11.9. The van der Waals surface area contributed by atoms with Crippen LogP contribution in [0.2, 0.25) is 0 Å². The Hall–Kier alpha value is -0.660. The van der Waals surface area contributed by atoms with Crippen molar-refractivity contribution in [3.8, 4) is 0 Å². The summed E-state index contributed by atoms with van der Waals surface area (Å²) in [4.78, 5) is 11.2. The summed E-state index contributed by atoms with van der Waals surface area (Å²) < 4.78 is 33.6. The Morgan fingerprint density at radius 2 is 2.28 bits per heavy atom. The van der Waals surface area contributed by atoms with Gasteiger partial charge in [0, 0.05) is 18.6 Å². The number of hydrogen-bond acceptors (Lipinski definition) is 6. The molecule has 0 amide bonds. The third-order valence-electron chi connectivity index (χ3n) is 2.98. The van der Waals surface area contributed by atoms with Crippen molar-refractivity contribution in [1.29, 1.82) is 0 Å². The van der Waals surface area contributed by atoms with Gasteiger partial charge in [-0.25, -0.2) is 8.42 Å². The standard InChI is InChI=1S/C11H21NO5S/c1-3-17-11(13)8-18(14,15)7-10(12-2)9-4-5-16-6-9/h9-10,12H,3-8H2,1-2H3. The summed E-state index contributed by atoms with van der Waals surface area (Å²) in [5.74, 6) is -1.11. The van der Waals surface area contributed by atoms with Gasteiger partial charge in [0.25, 0.3) is 0 Å². The average Bonchev–Trinajstić information content (AvgIpc) is 2.78. The van der Waals surface area contributed by atoms with Crippen LogP contribution in [-0.4, -0.2) is 58.8 Å². The number of esters is 1. The van der Waals surface area contributed by atoms with Gasteiger partial charge in [-0.05, 0) is 20.4 Å². The molecule has 2 unspecified atom stereocenters. The molecule has 1 aliphatic rings. The molecule has 1 saturated heterocycles. The van der Waals surface area contributed by atoms with Gasteiger partial charge in [-0.3, -0.25) is 4.79 Å². The Morgan fingerprint density at radius 1 is 1.56 bits per heavy atom. The summed E-state index contributed by atoms with van der Waals surface area (Å²) in [6.45, 7) is 3.08. The Morgan fingerprint density at radius 3 is 2.78 bits per heavy atom. The maximum atomic E-state index is 11.9. The van der Waals surface area contributed by atoms with Gasteiger partial charge in [0.2, 0.25) is 0 Å². The fraction of sp³-hybridized carbons (Fsp3) is 0.909. The first-order valence-corrected chi connectivity index (χ1v) is 7.91. The fourth-order valence-electron chi connectivity index (χ4n) is 2.04. The quantitative estimate of drug-likeness (QED) is 0.638. The van der Waals surface area contributed by atoms with Crippen LogP contribution in [0.15, 0.2) is 0 Å². The molecule has 18 heavy (non-hydrogen) atoms. The van der Waals surface area contributed by atoms with Crippen LogP contribution >= 0.6 is 0 Å². The lowest BCUT2D eigenvalue weighted by atomic mass is 10.0. The Labute approximate surface area is 108 Å². The first-order chi connectivity index (χ1) is 8.48. The summed E-state index contributed by atoms with van der Waals surface area (Å²) >= 11 is 0. The molecule has 106 valence electrons. The highest BCUT2D eigenvalue weighted by Crippen LogP contribution is 2.18. The fourth-order valence-corrected chi connectivity index (χ4v) is 3.59. The second-order valence-corrected chi connectivity index (χ2v) is 6.49. The molecule has 1 aliphatic heterocycles. The highest BCUT2D eigenvalue weighted by atomic mass is 32.2. The maximum Gasteiger partial charge on any atom is 0.321 e. The molecule has 0 aromatic heterocycles. The Bertz CT molecular complexity index is 362. The first-order valence-electron chi connectivity index (χ1n) is 6.09. The molecule has 0 spiro atoms. The van der Waals surface area contributed by atoms with Crippen LogP contribution < -0.4 is 5.32 Å². The molecule has 1 heterocycles. The van der Waals surface area contributed by atoms with Crippen LogP contribution in [0.3, 0.4) is 0 Å². The predicted octanol–water partition coefficient (Wildman–Crippen LogP) is -0.411. The van der Waals surface area contributed by atoms with E-state index in [1.54, 1.807) is 14.0 Å². The van der Waals surface area contributed by atoms with E-state index in [1.165, 1.54) is 0 Å². The molecule has 0 aromatic rings. The van der Waals surface area contributed by atoms with Crippen molar-refractivity contribution in [2.24, 2.45) is 5.92 Å². The van der Waals surface area contributed by atoms with Gasteiger partial charge in [0.1, 0.15) is 5.75 Å². The van der Waals surface area contributed by atoms with Crippen LogP contribution in [0.5, 0.6) is 0 Å². The Kier molecular flexibility index (Phi) is 6.04. The molecule has 0 saturated carbocycles. The summed E-state index contributed by atoms with van der Waals surface area (Å²) in [6.07, 6.45) is 0.848. The largest absolute Gasteiger partial charge is 0.465 e. The molecule has 1 rings (SSSR count). The summed E-state index contributed by atoms with van der Waals surface area (Å²) in [5, 5.41) is 2.99. The van der Waals surface area contributed by atoms with Gasteiger partial charge >= 0.3 is 5.97 Å². The number of carbonyl (C=O) groups is 1. The van der Waals surface area contributed by atoms with Crippen molar-refractivity contribution in [3.05, 3.63) is 0 Å². The average molecular weight is 279 g/mol. The SMILES string of the molecule is CCOC(=O)CS(=O)(=O)CC(NC)C1CCOC1. The normalized spacial score (nSPS) is 21.8. The van der Waals surface area contributed by atoms with Crippen molar-refractivity contribution in [2.45, 2.75) is 19.4 Å². The minimum atomic E-state index is -3.44. The molecule has 2 atom stereocenters. The number of ether oxygens (including phenoxy) is 2. The minimum Gasteiger partial charge on any atom is -0.465 e. The summed E-state index contributed by atoms with van der Waals surface area (Å²) in [5.41, 5.74) is 0. The minimum absolute atomic E-state index is 0.0592. The third kappa shape index (κ3) is 4.91. The third-order valence-corrected chi connectivity index (χ3v) is 4.52. The number of nitrogens with one attached hydrogen (secondary N) is 1. The van der Waals surface area contributed by atoms with E-state index in [0.717, 1.165) is 6.42 Å². The predicted molar refractivity (Wildman–Crippen MR) is 67.1 cm³/mol. The molecule has 0 bridgehead atoms. The van der Waals surface area contributed by atoms with Crippen molar-refractivity contribution < 1.29 is 22.7 Å². The summed E-state index contributed by atoms with van der Waals surface area (Å²) in [7, 11) is -1.72.